The van der Waals surface area contributed by atoms with E-state index in [1.807, 2.05) is 52.8 Å². The molecule has 1 aromatic carbocycles. The first kappa shape index (κ1) is 21.5. The van der Waals surface area contributed by atoms with Gasteiger partial charge in [0, 0.05) is 58.4 Å². The molecule has 1 N–H and O–H groups in total. The van der Waals surface area contributed by atoms with Crippen molar-refractivity contribution in [3.05, 3.63) is 29.8 Å². The Kier molecular flexibility index (Phi) is 5.58. The van der Waals surface area contributed by atoms with Crippen molar-refractivity contribution in [1.29, 1.82) is 0 Å². The molecule has 5 amide bonds. The van der Waals surface area contributed by atoms with E-state index in [-0.39, 0.29) is 35.3 Å². The number of fused-ring (bicyclic) bond motifs is 2. The molecule has 168 valence electrons. The number of nitrogens with zero attached hydrogens (tertiary/aromatic N) is 4. The molecular weight excluding hydrogens is 394 g/mol. The minimum Gasteiger partial charge on any atom is -0.336 e. The Hall–Kier alpha value is -2.77. The first-order valence-corrected chi connectivity index (χ1v) is 11.2. The molecule has 3 aliphatic rings. The quantitative estimate of drug-likeness (QED) is 0.788. The first-order chi connectivity index (χ1) is 14.8. The van der Waals surface area contributed by atoms with Crippen molar-refractivity contribution in [2.45, 2.75) is 32.2 Å². The zero-order valence-corrected chi connectivity index (χ0v) is 18.9. The molecule has 3 aliphatic heterocycles. The summed E-state index contributed by atoms with van der Waals surface area (Å²) in [5.74, 6) is 0.168. The number of aryl methyl sites for hydroxylation is 1. The fourth-order valence-corrected chi connectivity index (χ4v) is 5.77. The fourth-order valence-electron chi connectivity index (χ4n) is 5.77. The van der Waals surface area contributed by atoms with E-state index in [1.54, 1.807) is 19.0 Å². The maximum absolute atomic E-state index is 13.2. The number of piperidine rings is 1. The lowest BCUT2D eigenvalue weighted by atomic mass is 9.75. The highest BCUT2D eigenvalue weighted by Gasteiger charge is 2.62. The Labute approximate surface area is 184 Å². The minimum atomic E-state index is -0.267. The number of anilines is 1. The number of amides is 5. The summed E-state index contributed by atoms with van der Waals surface area (Å²) < 4.78 is 0. The maximum Gasteiger partial charge on any atom is 0.321 e. The van der Waals surface area contributed by atoms with Gasteiger partial charge in [0.25, 0.3) is 0 Å². The summed E-state index contributed by atoms with van der Waals surface area (Å²) in [5, 5.41) is 3.02. The summed E-state index contributed by atoms with van der Waals surface area (Å²) in [5.41, 5.74) is 1.59. The number of benzene rings is 1. The molecule has 3 saturated heterocycles. The zero-order valence-electron chi connectivity index (χ0n) is 18.9. The molecule has 0 unspecified atom stereocenters. The van der Waals surface area contributed by atoms with Gasteiger partial charge in [0.15, 0.2) is 0 Å². The largest absolute Gasteiger partial charge is 0.336 e. The SMILES string of the molecule is CCN1C(=O)[C@@H]2CN(C(=O)N(C)C)C[C@@H]2C12CCN(C(=O)Nc1ccccc1C)CC2. The molecule has 2 atom stereocenters. The number of para-hydroxylation sites is 1. The second-order valence-electron chi connectivity index (χ2n) is 9.21. The Bertz CT molecular complexity index is 878. The summed E-state index contributed by atoms with van der Waals surface area (Å²) in [6.07, 6.45) is 1.50. The highest BCUT2D eigenvalue weighted by atomic mass is 16.2. The van der Waals surface area contributed by atoms with Gasteiger partial charge in [-0.15, -0.1) is 0 Å². The Balaban J connectivity index is 1.48. The highest BCUT2D eigenvalue weighted by molar-refractivity contribution is 5.90. The lowest BCUT2D eigenvalue weighted by Gasteiger charge is -2.47. The lowest BCUT2D eigenvalue weighted by Crippen LogP contribution is -2.58. The molecule has 0 aliphatic carbocycles. The standard InChI is InChI=1S/C23H33N5O3/c1-5-28-20(29)17-14-27(22(31)25(3)4)15-18(17)23(28)10-12-26(13-11-23)21(30)24-19-9-7-6-8-16(19)2/h6-9,17-18H,5,10-15H2,1-4H3,(H,24,30)/t17-,18+/m1/s1. The van der Waals surface area contributed by atoms with Crippen molar-refractivity contribution >= 4 is 23.7 Å². The monoisotopic (exact) mass is 427 g/mol. The molecule has 0 aromatic heterocycles. The third-order valence-corrected chi connectivity index (χ3v) is 7.40. The van der Waals surface area contributed by atoms with E-state index in [0.29, 0.717) is 32.7 Å². The van der Waals surface area contributed by atoms with Gasteiger partial charge >= 0.3 is 12.1 Å². The van der Waals surface area contributed by atoms with Crippen molar-refractivity contribution in [2.75, 3.05) is 52.1 Å². The second-order valence-corrected chi connectivity index (χ2v) is 9.21. The van der Waals surface area contributed by atoms with E-state index in [1.165, 1.54) is 0 Å². The molecule has 4 rings (SSSR count). The third kappa shape index (κ3) is 3.51. The summed E-state index contributed by atoms with van der Waals surface area (Å²) in [7, 11) is 3.50. The van der Waals surface area contributed by atoms with Crippen molar-refractivity contribution < 1.29 is 14.4 Å². The first-order valence-electron chi connectivity index (χ1n) is 11.2. The van der Waals surface area contributed by atoms with Gasteiger partial charge in [-0.3, -0.25) is 4.79 Å². The van der Waals surface area contributed by atoms with Crippen LogP contribution in [0.3, 0.4) is 0 Å². The number of urea groups is 2. The topological polar surface area (TPSA) is 76.2 Å². The van der Waals surface area contributed by atoms with E-state index in [2.05, 4.69) is 5.32 Å². The van der Waals surface area contributed by atoms with Gasteiger partial charge < -0.3 is 24.9 Å². The van der Waals surface area contributed by atoms with Crippen molar-refractivity contribution in [3.8, 4) is 0 Å². The predicted octanol–water partition coefficient (Wildman–Crippen LogP) is 2.45. The van der Waals surface area contributed by atoms with Crippen molar-refractivity contribution in [1.82, 2.24) is 19.6 Å². The number of carbonyl (C=O) groups excluding carboxylic acids is 3. The molecule has 1 spiro atoms. The molecule has 1 aromatic rings. The minimum absolute atomic E-state index is 0.0320. The van der Waals surface area contributed by atoms with E-state index >= 15 is 0 Å². The number of rotatable bonds is 2. The van der Waals surface area contributed by atoms with E-state index in [0.717, 1.165) is 24.1 Å². The molecular formula is C23H33N5O3. The van der Waals surface area contributed by atoms with Crippen LogP contribution in [-0.4, -0.2) is 89.9 Å². The Morgan fingerprint density at radius 3 is 2.42 bits per heavy atom. The smallest absolute Gasteiger partial charge is 0.321 e. The molecule has 0 bridgehead atoms. The third-order valence-electron chi connectivity index (χ3n) is 7.40. The Morgan fingerprint density at radius 2 is 1.81 bits per heavy atom. The normalized spacial score (nSPS) is 24.5. The fraction of sp³-hybridized carbons (Fsp3) is 0.609. The number of nitrogens with one attached hydrogen (secondary N) is 1. The van der Waals surface area contributed by atoms with E-state index in [9.17, 15) is 14.4 Å². The van der Waals surface area contributed by atoms with Crippen LogP contribution in [0.2, 0.25) is 0 Å². The number of hydrogen-bond donors (Lipinski definition) is 1. The molecule has 3 heterocycles. The van der Waals surface area contributed by atoms with Crippen molar-refractivity contribution in [3.63, 3.8) is 0 Å². The summed E-state index contributed by atoms with van der Waals surface area (Å²) in [4.78, 5) is 45.9. The van der Waals surface area contributed by atoms with Gasteiger partial charge in [0.2, 0.25) is 5.91 Å². The molecule has 0 saturated carbocycles. The van der Waals surface area contributed by atoms with Gasteiger partial charge in [-0.25, -0.2) is 9.59 Å². The van der Waals surface area contributed by atoms with Gasteiger partial charge in [0.1, 0.15) is 0 Å². The van der Waals surface area contributed by atoms with Gasteiger partial charge in [-0.1, -0.05) is 18.2 Å². The van der Waals surface area contributed by atoms with Crippen molar-refractivity contribution in [2.24, 2.45) is 11.8 Å². The summed E-state index contributed by atoms with van der Waals surface area (Å²) in [6.45, 7) is 6.99. The Morgan fingerprint density at radius 1 is 1.13 bits per heavy atom. The number of hydrogen-bond acceptors (Lipinski definition) is 3. The zero-order chi connectivity index (χ0) is 22.3. The second kappa shape index (κ2) is 8.05. The van der Waals surface area contributed by atoms with E-state index < -0.39 is 0 Å². The summed E-state index contributed by atoms with van der Waals surface area (Å²) >= 11 is 0. The van der Waals surface area contributed by atoms with Gasteiger partial charge in [0.05, 0.1) is 11.5 Å². The van der Waals surface area contributed by atoms with Crippen LogP contribution >= 0.6 is 0 Å². The van der Waals surface area contributed by atoms with Crippen LogP contribution < -0.4 is 5.32 Å². The maximum atomic E-state index is 13.2. The number of carbonyl (C=O) groups is 3. The molecule has 31 heavy (non-hydrogen) atoms. The predicted molar refractivity (Wildman–Crippen MR) is 119 cm³/mol. The van der Waals surface area contributed by atoms with Crippen LogP contribution in [0.25, 0.3) is 0 Å². The van der Waals surface area contributed by atoms with Gasteiger partial charge in [-0.2, -0.15) is 0 Å². The van der Waals surface area contributed by atoms with Crippen LogP contribution in [-0.2, 0) is 4.79 Å². The van der Waals surface area contributed by atoms with Gasteiger partial charge in [-0.05, 0) is 38.3 Å². The molecule has 3 fully saturated rings. The number of likely N-dealkylation sites (tertiary alicyclic amines) is 3. The average Bonchev–Trinajstić information content (AvgIpc) is 3.28. The van der Waals surface area contributed by atoms with Crippen LogP contribution in [0.4, 0.5) is 15.3 Å². The van der Waals surface area contributed by atoms with E-state index in [4.69, 9.17) is 0 Å². The lowest BCUT2D eigenvalue weighted by molar-refractivity contribution is -0.135. The van der Waals surface area contributed by atoms with Crippen LogP contribution in [0, 0.1) is 18.8 Å². The molecule has 0 radical (unpaired) electrons. The highest BCUT2D eigenvalue weighted by Crippen LogP contribution is 2.49. The average molecular weight is 428 g/mol. The van der Waals surface area contributed by atoms with Crippen LogP contribution in [0.15, 0.2) is 24.3 Å². The van der Waals surface area contributed by atoms with Crippen LogP contribution in [0.5, 0.6) is 0 Å². The van der Waals surface area contributed by atoms with Crippen LogP contribution in [0.1, 0.15) is 25.3 Å². The summed E-state index contributed by atoms with van der Waals surface area (Å²) in [6, 6.07) is 7.63. The molecule has 8 nitrogen and oxygen atoms in total. The molecule has 8 heteroatoms.